The molecule has 0 bridgehead atoms. The van der Waals surface area contributed by atoms with Crippen molar-refractivity contribution in [1.29, 1.82) is 0 Å². The van der Waals surface area contributed by atoms with Gasteiger partial charge in [-0.3, -0.25) is 0 Å². The van der Waals surface area contributed by atoms with Crippen molar-refractivity contribution in [3.8, 4) is 0 Å². The fraction of sp³-hybridized carbons (Fsp3) is 1.00. The second-order valence-corrected chi connectivity index (χ2v) is 8.28. The molecule has 0 saturated heterocycles. The summed E-state index contributed by atoms with van der Waals surface area (Å²) in [5, 5.41) is 0. The fourth-order valence-electron chi connectivity index (χ4n) is 0. The Morgan fingerprint density at radius 1 is 1.67 bits per heavy atom. The average Bonchev–Trinajstić information content (AvgIpc) is 1.39. The van der Waals surface area contributed by atoms with Gasteiger partial charge < -0.3 is 5.73 Å². The van der Waals surface area contributed by atoms with E-state index in [0.29, 0.717) is 0 Å². The normalized spacial score (nSPS) is 6.00. The fourth-order valence-corrected chi connectivity index (χ4v) is 0. The predicted molar refractivity (Wildman–Crippen MR) is 50.4 cm³/mol. The maximum atomic E-state index is 4.85. The SMILES string of the molecule is CCN.ISI. The summed E-state index contributed by atoms with van der Waals surface area (Å²) >= 11 is 4.38. The van der Waals surface area contributed by atoms with Crippen molar-refractivity contribution in [3.63, 3.8) is 0 Å². The number of nitrogens with two attached hydrogens (primary N) is 1. The van der Waals surface area contributed by atoms with Crippen molar-refractivity contribution >= 4 is 48.5 Å². The summed E-state index contributed by atoms with van der Waals surface area (Å²) in [5.41, 5.74) is 4.85. The Balaban J connectivity index is 0. The number of hydrogen-bond donors (Lipinski definition) is 1. The second kappa shape index (κ2) is 15.9. The lowest BCUT2D eigenvalue weighted by atomic mass is 10.8. The molecule has 0 aliphatic heterocycles. The Labute approximate surface area is 67.0 Å². The van der Waals surface area contributed by atoms with E-state index in [1.54, 1.807) is 6.10 Å². The van der Waals surface area contributed by atoms with Gasteiger partial charge in [-0.05, 0) is 12.6 Å². The van der Waals surface area contributed by atoms with Gasteiger partial charge in [-0.25, -0.2) is 0 Å². The summed E-state index contributed by atoms with van der Waals surface area (Å²) in [6, 6.07) is 0. The molecule has 0 aliphatic carbocycles. The molecule has 0 atom stereocenters. The Hall–Kier alpha value is 1.77. The Morgan fingerprint density at radius 3 is 1.67 bits per heavy atom. The average molecular weight is 331 g/mol. The highest BCUT2D eigenvalue weighted by atomic mass is 127. The summed E-state index contributed by atoms with van der Waals surface area (Å²) in [7, 11) is 0. The van der Waals surface area contributed by atoms with Gasteiger partial charge >= 0.3 is 0 Å². The van der Waals surface area contributed by atoms with Crippen LogP contribution in [-0.4, -0.2) is 6.54 Å². The van der Waals surface area contributed by atoms with Crippen LogP contribution < -0.4 is 5.73 Å². The van der Waals surface area contributed by atoms with Gasteiger partial charge in [0.15, 0.2) is 0 Å². The third-order valence-corrected chi connectivity index (χ3v) is 0. The van der Waals surface area contributed by atoms with E-state index in [1.165, 1.54) is 0 Å². The van der Waals surface area contributed by atoms with Crippen LogP contribution in [0.2, 0.25) is 0 Å². The standard InChI is InChI=1S/C2H7N.I2S/c1-2-3;1-3-2/h2-3H2,1H3;. The maximum Gasteiger partial charge on any atom is 0.00791 e. The molecule has 0 amide bonds. The van der Waals surface area contributed by atoms with E-state index < -0.39 is 0 Å². The van der Waals surface area contributed by atoms with E-state index in [0.717, 1.165) is 6.54 Å². The highest BCUT2D eigenvalue weighted by Crippen LogP contribution is 2.19. The first-order valence-corrected chi connectivity index (χ1v) is 7.33. The highest BCUT2D eigenvalue weighted by molar-refractivity contribution is 14.3. The minimum atomic E-state index is 0.750. The van der Waals surface area contributed by atoms with Gasteiger partial charge in [0, 0.05) is 42.4 Å². The molecule has 1 nitrogen and oxygen atoms in total. The molecule has 0 rings (SSSR count). The van der Waals surface area contributed by atoms with Crippen molar-refractivity contribution in [1.82, 2.24) is 0 Å². The van der Waals surface area contributed by atoms with E-state index in [4.69, 9.17) is 5.73 Å². The molecule has 40 valence electrons. The molecule has 0 aliphatic rings. The molecular formula is C2H7I2NS. The number of rotatable bonds is 0. The van der Waals surface area contributed by atoms with Gasteiger partial charge in [0.05, 0.1) is 0 Å². The molecular weight excluding hydrogens is 324 g/mol. The molecule has 2 N–H and O–H groups in total. The van der Waals surface area contributed by atoms with Crippen LogP contribution in [0.4, 0.5) is 0 Å². The maximum absolute atomic E-state index is 4.85. The van der Waals surface area contributed by atoms with Crippen LogP contribution in [-0.2, 0) is 0 Å². The van der Waals surface area contributed by atoms with Gasteiger partial charge in [-0.15, -0.1) is 0 Å². The van der Waals surface area contributed by atoms with E-state index in [1.807, 2.05) is 6.92 Å². The molecule has 0 fully saturated rings. The van der Waals surface area contributed by atoms with Crippen LogP contribution in [0.1, 0.15) is 6.92 Å². The van der Waals surface area contributed by atoms with Gasteiger partial charge in [0.25, 0.3) is 0 Å². The predicted octanol–water partition coefficient (Wildman–Crippen LogP) is 2.38. The topological polar surface area (TPSA) is 26.0 Å². The summed E-state index contributed by atoms with van der Waals surface area (Å²) in [6.07, 6.45) is 1.69. The lowest BCUT2D eigenvalue weighted by Crippen LogP contribution is -1.87. The van der Waals surface area contributed by atoms with E-state index >= 15 is 0 Å². The van der Waals surface area contributed by atoms with E-state index in [9.17, 15) is 0 Å². The minimum absolute atomic E-state index is 0.750. The van der Waals surface area contributed by atoms with Gasteiger partial charge in [-0.1, -0.05) is 6.92 Å². The molecule has 4 heteroatoms. The first-order valence-electron chi connectivity index (χ1n) is 1.42. The zero-order valence-electron chi connectivity index (χ0n) is 3.45. The first kappa shape index (κ1) is 10.7. The molecule has 6 heavy (non-hydrogen) atoms. The lowest BCUT2D eigenvalue weighted by Gasteiger charge is -1.53. The Bertz CT molecular complexity index is 13.5. The lowest BCUT2D eigenvalue weighted by molar-refractivity contribution is 1.14. The van der Waals surface area contributed by atoms with Crippen molar-refractivity contribution in [2.75, 3.05) is 6.54 Å². The van der Waals surface area contributed by atoms with Crippen LogP contribution in [0.15, 0.2) is 0 Å². The molecule has 0 heterocycles. The van der Waals surface area contributed by atoms with Crippen LogP contribution >= 0.6 is 48.5 Å². The zero-order chi connectivity index (χ0) is 5.41. The van der Waals surface area contributed by atoms with Crippen molar-refractivity contribution in [2.45, 2.75) is 6.92 Å². The summed E-state index contributed by atoms with van der Waals surface area (Å²) in [6.45, 7) is 2.65. The summed E-state index contributed by atoms with van der Waals surface area (Å²) in [5.74, 6) is 0. The van der Waals surface area contributed by atoms with Gasteiger partial charge in [0.2, 0.25) is 0 Å². The Kier molecular flexibility index (Phi) is 28.3. The second-order valence-electron chi connectivity index (χ2n) is 0.467. The van der Waals surface area contributed by atoms with Crippen molar-refractivity contribution < 1.29 is 0 Å². The minimum Gasteiger partial charge on any atom is -0.331 e. The molecule has 0 aromatic carbocycles. The van der Waals surface area contributed by atoms with Crippen LogP contribution in [0, 0.1) is 0 Å². The number of hydrogen-bond acceptors (Lipinski definition) is 2. The molecule has 0 aromatic rings. The smallest absolute Gasteiger partial charge is 0.00791 e. The van der Waals surface area contributed by atoms with E-state index in [2.05, 4.69) is 42.4 Å². The summed E-state index contributed by atoms with van der Waals surface area (Å²) in [4.78, 5) is 0. The van der Waals surface area contributed by atoms with Gasteiger partial charge in [0.1, 0.15) is 0 Å². The summed E-state index contributed by atoms with van der Waals surface area (Å²) < 4.78 is 0. The van der Waals surface area contributed by atoms with E-state index in [-0.39, 0.29) is 0 Å². The van der Waals surface area contributed by atoms with Crippen molar-refractivity contribution in [2.24, 2.45) is 5.73 Å². The molecule has 0 spiro atoms. The first-order chi connectivity index (χ1) is 2.83. The largest absolute Gasteiger partial charge is 0.331 e. The van der Waals surface area contributed by atoms with Gasteiger partial charge in [-0.2, -0.15) is 0 Å². The van der Waals surface area contributed by atoms with Crippen LogP contribution in [0.3, 0.4) is 0 Å². The quantitative estimate of drug-likeness (QED) is 0.690. The molecule has 0 aromatic heterocycles. The monoisotopic (exact) mass is 331 g/mol. The van der Waals surface area contributed by atoms with Crippen molar-refractivity contribution in [3.05, 3.63) is 0 Å². The third kappa shape index (κ3) is 41.9. The molecule has 0 unspecified atom stereocenters. The third-order valence-electron chi connectivity index (χ3n) is 0. The Morgan fingerprint density at radius 2 is 1.67 bits per heavy atom. The van der Waals surface area contributed by atoms with Crippen LogP contribution in [0.5, 0.6) is 0 Å². The molecule has 0 saturated carbocycles. The zero-order valence-corrected chi connectivity index (χ0v) is 8.58. The number of halogens is 2. The highest BCUT2D eigenvalue weighted by Gasteiger charge is 1.41. The molecule has 0 radical (unpaired) electrons. The van der Waals surface area contributed by atoms with Crippen LogP contribution in [0.25, 0.3) is 0 Å².